The highest BCUT2D eigenvalue weighted by atomic mass is 16.5. The first-order valence-corrected chi connectivity index (χ1v) is 11.7. The van der Waals surface area contributed by atoms with E-state index < -0.39 is 11.9 Å². The summed E-state index contributed by atoms with van der Waals surface area (Å²) in [4.78, 5) is 26.6. The number of carbonyl (C=O) groups excluding carboxylic acids is 2. The third-order valence-corrected chi connectivity index (χ3v) is 5.27. The summed E-state index contributed by atoms with van der Waals surface area (Å²) in [6.07, 6.45) is 5.19. The summed E-state index contributed by atoms with van der Waals surface area (Å²) in [6.45, 7) is 9.34. The van der Waals surface area contributed by atoms with Gasteiger partial charge < -0.3 is 9.47 Å². The Morgan fingerprint density at radius 2 is 1.38 bits per heavy atom. The highest BCUT2D eigenvalue weighted by Gasteiger charge is 2.00. The minimum atomic E-state index is -0.439. The number of ether oxygens (including phenoxy) is 2. The molecule has 2 aromatic carbocycles. The van der Waals surface area contributed by atoms with Gasteiger partial charge in [0.25, 0.3) is 0 Å². The SMILES string of the molecule is C=CC(=O)OCCc1ccc(C#Cc2ccc(C#Cc3ccc(CCOC(=O)C=C)nc3)c(C)c2)cc1. The van der Waals surface area contributed by atoms with E-state index in [0.717, 1.165) is 51.2 Å². The molecule has 0 spiro atoms. The van der Waals surface area contributed by atoms with Crippen LogP contribution >= 0.6 is 0 Å². The zero-order valence-corrected chi connectivity index (χ0v) is 20.8. The number of rotatable bonds is 8. The smallest absolute Gasteiger partial charge is 0.330 e. The van der Waals surface area contributed by atoms with E-state index in [2.05, 4.69) is 41.8 Å². The van der Waals surface area contributed by atoms with Gasteiger partial charge in [0.1, 0.15) is 0 Å². The second-order valence-corrected chi connectivity index (χ2v) is 8.01. The first-order chi connectivity index (χ1) is 18.0. The Balaban J connectivity index is 1.57. The molecule has 0 bridgehead atoms. The fourth-order valence-corrected chi connectivity index (χ4v) is 3.21. The van der Waals surface area contributed by atoms with Gasteiger partial charge in [-0.15, -0.1) is 0 Å². The molecule has 0 saturated carbocycles. The zero-order valence-electron chi connectivity index (χ0n) is 20.8. The number of hydrogen-bond acceptors (Lipinski definition) is 5. The van der Waals surface area contributed by atoms with Gasteiger partial charge in [-0.3, -0.25) is 4.98 Å². The van der Waals surface area contributed by atoms with Gasteiger partial charge in [-0.1, -0.05) is 49.0 Å². The molecule has 0 fully saturated rings. The lowest BCUT2D eigenvalue weighted by Gasteiger charge is -2.02. The molecular weight excluding hydrogens is 462 g/mol. The van der Waals surface area contributed by atoms with Crippen LogP contribution in [0.1, 0.15) is 39.1 Å². The minimum Gasteiger partial charge on any atom is -0.462 e. The van der Waals surface area contributed by atoms with Gasteiger partial charge in [-0.25, -0.2) is 9.59 Å². The third kappa shape index (κ3) is 9.02. The number of nitrogens with zero attached hydrogens (tertiary/aromatic N) is 1. The molecular formula is C32H27NO4. The Hall–Kier alpha value is -4.87. The van der Waals surface area contributed by atoms with Gasteiger partial charge in [0.2, 0.25) is 0 Å². The molecule has 184 valence electrons. The molecule has 5 nitrogen and oxygen atoms in total. The predicted molar refractivity (Wildman–Crippen MR) is 144 cm³/mol. The van der Waals surface area contributed by atoms with E-state index in [1.165, 1.54) is 0 Å². The van der Waals surface area contributed by atoms with E-state index in [4.69, 9.17) is 9.47 Å². The van der Waals surface area contributed by atoms with Crippen molar-refractivity contribution >= 4 is 11.9 Å². The summed E-state index contributed by atoms with van der Waals surface area (Å²) < 4.78 is 9.98. The number of hydrogen-bond donors (Lipinski definition) is 0. The normalized spacial score (nSPS) is 9.65. The lowest BCUT2D eigenvalue weighted by Crippen LogP contribution is -2.05. The van der Waals surface area contributed by atoms with Crippen LogP contribution in [0.25, 0.3) is 0 Å². The van der Waals surface area contributed by atoms with Crippen LogP contribution in [0.15, 0.2) is 86.1 Å². The number of esters is 2. The highest BCUT2D eigenvalue weighted by molar-refractivity contribution is 5.81. The minimum absolute atomic E-state index is 0.262. The quantitative estimate of drug-likeness (QED) is 0.260. The largest absolute Gasteiger partial charge is 0.462 e. The van der Waals surface area contributed by atoms with Crippen molar-refractivity contribution in [2.45, 2.75) is 19.8 Å². The molecule has 5 heteroatoms. The van der Waals surface area contributed by atoms with Gasteiger partial charge in [0.05, 0.1) is 13.2 Å². The molecule has 0 amide bonds. The molecule has 37 heavy (non-hydrogen) atoms. The Bertz CT molecular complexity index is 1400. The van der Waals surface area contributed by atoms with Gasteiger partial charge in [-0.05, 0) is 60.5 Å². The van der Waals surface area contributed by atoms with Crippen LogP contribution in [0.5, 0.6) is 0 Å². The van der Waals surface area contributed by atoms with E-state index in [-0.39, 0.29) is 6.61 Å². The van der Waals surface area contributed by atoms with Crippen molar-refractivity contribution in [2.75, 3.05) is 13.2 Å². The average molecular weight is 490 g/mol. The average Bonchev–Trinajstić information content (AvgIpc) is 2.92. The van der Waals surface area contributed by atoms with E-state index in [0.29, 0.717) is 19.4 Å². The molecule has 1 heterocycles. The summed E-state index contributed by atoms with van der Waals surface area (Å²) in [5.41, 5.74) is 6.47. The van der Waals surface area contributed by atoms with Crippen LogP contribution < -0.4 is 0 Å². The summed E-state index contributed by atoms with van der Waals surface area (Å²) in [6, 6.07) is 17.6. The van der Waals surface area contributed by atoms with Crippen molar-refractivity contribution in [2.24, 2.45) is 0 Å². The Morgan fingerprint density at radius 1 is 0.784 bits per heavy atom. The van der Waals surface area contributed by atoms with Crippen LogP contribution in [0.4, 0.5) is 0 Å². The van der Waals surface area contributed by atoms with Gasteiger partial charge >= 0.3 is 11.9 Å². The first-order valence-electron chi connectivity index (χ1n) is 11.7. The fraction of sp³-hybridized carbons (Fsp3) is 0.156. The predicted octanol–water partition coefficient (Wildman–Crippen LogP) is 4.73. The number of pyridine rings is 1. The Labute approximate surface area is 217 Å². The van der Waals surface area contributed by atoms with E-state index in [1.807, 2.05) is 61.5 Å². The molecule has 0 N–H and O–H groups in total. The Kier molecular flexibility index (Phi) is 10.0. The molecule has 0 aliphatic heterocycles. The Morgan fingerprint density at radius 3 is 2.00 bits per heavy atom. The maximum atomic E-state index is 11.1. The fourth-order valence-electron chi connectivity index (χ4n) is 3.21. The van der Waals surface area contributed by atoms with Crippen molar-refractivity contribution in [3.05, 3.63) is 125 Å². The maximum absolute atomic E-state index is 11.1. The van der Waals surface area contributed by atoms with Crippen molar-refractivity contribution in [3.8, 4) is 23.7 Å². The second-order valence-electron chi connectivity index (χ2n) is 8.01. The number of aryl methyl sites for hydroxylation is 1. The second kappa shape index (κ2) is 13.9. The standard InChI is InChI=1S/C32H27NO4/c1-4-31(34)36-20-18-26-8-6-25(7-9-26)10-11-27-12-15-29(24(3)22-27)16-13-28-14-17-30(33-23-28)19-21-37-32(35)5-2/h4-9,12,14-15,17,22-23H,1-2,18-21H2,3H3. The van der Waals surface area contributed by atoms with Crippen LogP contribution in [-0.2, 0) is 31.9 Å². The number of carbonyl (C=O) groups is 2. The van der Waals surface area contributed by atoms with Gasteiger partial charge in [-0.2, -0.15) is 0 Å². The molecule has 1 aromatic heterocycles. The molecule has 3 rings (SSSR count). The summed E-state index contributed by atoms with van der Waals surface area (Å²) in [5, 5.41) is 0. The van der Waals surface area contributed by atoms with Gasteiger partial charge in [0, 0.05) is 59.1 Å². The van der Waals surface area contributed by atoms with Crippen LogP contribution in [0.2, 0.25) is 0 Å². The van der Waals surface area contributed by atoms with Crippen molar-refractivity contribution in [1.82, 2.24) is 4.98 Å². The maximum Gasteiger partial charge on any atom is 0.330 e. The monoisotopic (exact) mass is 489 g/mol. The zero-order chi connectivity index (χ0) is 26.5. The topological polar surface area (TPSA) is 65.5 Å². The van der Waals surface area contributed by atoms with Crippen molar-refractivity contribution < 1.29 is 19.1 Å². The number of benzene rings is 2. The lowest BCUT2D eigenvalue weighted by molar-refractivity contribution is -0.138. The molecule has 3 aromatic rings. The summed E-state index contributed by atoms with van der Waals surface area (Å²) in [5.74, 6) is 11.9. The summed E-state index contributed by atoms with van der Waals surface area (Å²) in [7, 11) is 0. The van der Waals surface area contributed by atoms with Crippen LogP contribution in [-0.4, -0.2) is 30.1 Å². The third-order valence-electron chi connectivity index (χ3n) is 5.27. The number of aromatic nitrogens is 1. The molecule has 0 saturated heterocycles. The van der Waals surface area contributed by atoms with E-state index >= 15 is 0 Å². The van der Waals surface area contributed by atoms with E-state index in [9.17, 15) is 9.59 Å². The molecule has 0 aliphatic carbocycles. The van der Waals surface area contributed by atoms with Crippen molar-refractivity contribution in [1.29, 1.82) is 0 Å². The van der Waals surface area contributed by atoms with Crippen LogP contribution in [0.3, 0.4) is 0 Å². The molecule has 0 radical (unpaired) electrons. The summed E-state index contributed by atoms with van der Waals surface area (Å²) >= 11 is 0. The van der Waals surface area contributed by atoms with Gasteiger partial charge in [0.15, 0.2) is 0 Å². The molecule has 0 aliphatic rings. The van der Waals surface area contributed by atoms with E-state index in [1.54, 1.807) is 6.20 Å². The lowest BCUT2D eigenvalue weighted by atomic mass is 10.0. The molecule has 0 atom stereocenters. The molecule has 0 unspecified atom stereocenters. The highest BCUT2D eigenvalue weighted by Crippen LogP contribution is 2.11. The first kappa shape index (κ1) is 26.7. The van der Waals surface area contributed by atoms with Crippen LogP contribution in [0, 0.1) is 30.6 Å². The van der Waals surface area contributed by atoms with Crippen molar-refractivity contribution in [3.63, 3.8) is 0 Å².